The molecular weight excluding hydrogens is 627 g/mol. The van der Waals surface area contributed by atoms with Gasteiger partial charge in [-0.1, -0.05) is 0 Å². The number of ether oxygens (including phenoxy) is 2. The standard InChI is InChI=1S/C42H40N2O4P/c1-3-47-41(45)37-30-38(42(46)48-4-2)36-27-25-31(24-26-35(36)37)28-29-49(32-16-8-5-9-17-32,33-18-10-6-11-19-33,34-20-12-7-13-21-34)44-40-23-15-14-22-39(40)43/h5-30,44,49H,3-4,43H2,1-2H3/q+1/b29-28+. The summed E-state index contributed by atoms with van der Waals surface area (Å²) in [5, 5.41) is 6.36. The number of allylic oxidation sites excluding steroid dienone is 4. The monoisotopic (exact) mass is 667 g/mol. The molecule has 6 rings (SSSR count). The molecule has 0 atom stereocenters. The van der Waals surface area contributed by atoms with E-state index < -0.39 is 18.7 Å². The number of benzene rings is 3. The van der Waals surface area contributed by atoms with Gasteiger partial charge < -0.3 is 0 Å². The van der Waals surface area contributed by atoms with Gasteiger partial charge in [0.1, 0.15) is 0 Å². The van der Waals surface area contributed by atoms with Gasteiger partial charge in [-0.3, -0.25) is 0 Å². The number of carbonyl (C=O) groups is 2. The second-order valence-electron chi connectivity index (χ2n) is 11.9. The number of nitrogens with one attached hydrogen (secondary N) is 1. The molecule has 0 unspecified atom stereocenters. The van der Waals surface area contributed by atoms with E-state index in [2.05, 4.69) is 89.8 Å². The van der Waals surface area contributed by atoms with E-state index in [0.29, 0.717) is 27.9 Å². The maximum atomic E-state index is 13.0. The third-order valence-corrected chi connectivity index (χ3v) is 15.3. The van der Waals surface area contributed by atoms with Crippen LogP contribution in [0.4, 0.5) is 11.4 Å². The Labute approximate surface area is 288 Å². The van der Waals surface area contributed by atoms with Crippen LogP contribution >= 0.6 is 6.75 Å². The van der Waals surface area contributed by atoms with Gasteiger partial charge in [0, 0.05) is 0 Å². The Kier molecular flexibility index (Phi) is 9.61. The van der Waals surface area contributed by atoms with E-state index in [1.165, 1.54) is 0 Å². The zero-order chi connectivity index (χ0) is 34.3. The second-order valence-corrected chi connectivity index (χ2v) is 16.8. The number of fused-ring (bicyclic) bond motifs is 1. The molecule has 3 aromatic carbocycles. The summed E-state index contributed by atoms with van der Waals surface area (Å²) in [4.78, 5) is 26.0. The van der Waals surface area contributed by atoms with Gasteiger partial charge in [-0.05, 0) is 0 Å². The molecule has 0 aliphatic heterocycles. The van der Waals surface area contributed by atoms with Gasteiger partial charge in [0.05, 0.1) is 0 Å². The van der Waals surface area contributed by atoms with Gasteiger partial charge in [-0.15, -0.1) is 0 Å². The molecule has 0 amide bonds. The minimum atomic E-state index is -4.15. The van der Waals surface area contributed by atoms with Crippen molar-refractivity contribution in [1.82, 2.24) is 0 Å². The number of nitrogens with two attached hydrogens (primary N) is 1. The normalized spacial score (nSPS) is 13.4. The fourth-order valence-electron chi connectivity index (χ4n) is 6.78. The van der Waals surface area contributed by atoms with Crippen LogP contribution in [0.5, 0.6) is 0 Å². The summed E-state index contributed by atoms with van der Waals surface area (Å²) in [5.41, 5.74) is 12.0. The van der Waals surface area contributed by atoms with Crippen molar-refractivity contribution in [2.24, 2.45) is 0 Å². The molecular formula is C42H40N2O4P+. The molecule has 3 aromatic rings. The SMILES string of the molecule is CCOC(=O)c1cc(C(=O)OCC)c2ccc(/C=C/[PH-](Nc3ccccc3N)(c3ccccc3)(c3ccccc3)[C+]3C=C[CH+]C=C3)ccc1-2. The number of anilines is 2. The minimum absolute atomic E-state index is 0.221. The predicted octanol–water partition coefficient (Wildman–Crippen LogP) is 8.52. The Balaban J connectivity index is 1.64. The van der Waals surface area contributed by atoms with Crippen LogP contribution in [0.2, 0.25) is 0 Å². The summed E-state index contributed by atoms with van der Waals surface area (Å²) in [5.74, 6) is 1.35. The van der Waals surface area contributed by atoms with E-state index in [-0.39, 0.29) is 13.2 Å². The Bertz CT molecular complexity index is 1920. The van der Waals surface area contributed by atoms with E-state index in [0.717, 1.165) is 27.5 Å². The van der Waals surface area contributed by atoms with Crippen molar-refractivity contribution in [3.8, 4) is 11.1 Å². The number of hydrogen-bond donors (Lipinski definition) is 2. The van der Waals surface area contributed by atoms with Crippen LogP contribution in [0.3, 0.4) is 0 Å². The molecule has 7 heteroatoms. The van der Waals surface area contributed by atoms with Gasteiger partial charge in [0.25, 0.3) is 0 Å². The number of nitrogen functional groups attached to an aromatic ring is 1. The molecule has 246 valence electrons. The molecule has 0 heterocycles. The number of esters is 2. The molecule has 0 saturated heterocycles. The summed E-state index contributed by atoms with van der Waals surface area (Å²) in [6.07, 6.45) is 12.7. The van der Waals surface area contributed by atoms with Crippen molar-refractivity contribution in [3.63, 3.8) is 0 Å². The van der Waals surface area contributed by atoms with E-state index in [9.17, 15) is 9.59 Å². The van der Waals surface area contributed by atoms with Crippen molar-refractivity contribution in [1.29, 1.82) is 0 Å². The molecule has 49 heavy (non-hydrogen) atoms. The second kappa shape index (κ2) is 14.2. The molecule has 0 bridgehead atoms. The topological polar surface area (TPSA) is 90.7 Å². The van der Waals surface area contributed by atoms with Gasteiger partial charge in [-0.2, -0.15) is 0 Å². The Morgan fingerprint density at radius 1 is 0.735 bits per heavy atom. The number of carbonyl (C=O) groups excluding carboxylic acids is 2. The average Bonchev–Trinajstić information content (AvgIpc) is 3.38. The van der Waals surface area contributed by atoms with Crippen molar-refractivity contribution < 1.29 is 19.1 Å². The third-order valence-electron chi connectivity index (χ3n) is 9.12. The van der Waals surface area contributed by atoms with Crippen LogP contribution in [0.1, 0.15) is 40.1 Å². The summed E-state index contributed by atoms with van der Waals surface area (Å²) in [6, 6.07) is 38.2. The molecule has 6 nitrogen and oxygen atoms in total. The first-order chi connectivity index (χ1) is 23.9. The average molecular weight is 668 g/mol. The van der Waals surface area contributed by atoms with Gasteiger partial charge in [0.2, 0.25) is 0 Å². The molecule has 3 aliphatic rings. The summed E-state index contributed by atoms with van der Waals surface area (Å²) in [6.45, 7) is -0.197. The Morgan fingerprint density at radius 3 is 1.76 bits per heavy atom. The Hall–Kier alpha value is -5.71. The molecule has 0 saturated carbocycles. The fraction of sp³-hybridized carbons (Fsp3) is 0.0952. The first kappa shape index (κ1) is 33.2. The Morgan fingerprint density at radius 2 is 1.24 bits per heavy atom. The number of hydrogen-bond acceptors (Lipinski definition) is 6. The molecule has 3 N–H and O–H groups in total. The van der Waals surface area contributed by atoms with Crippen LogP contribution < -0.4 is 21.4 Å². The summed E-state index contributed by atoms with van der Waals surface area (Å²) < 4.78 is 10.7. The number of rotatable bonds is 11. The number of para-hydroxylation sites is 2. The molecule has 0 fully saturated rings. The first-order valence-electron chi connectivity index (χ1n) is 16.5. The van der Waals surface area contributed by atoms with E-state index in [1.54, 1.807) is 19.9 Å². The van der Waals surface area contributed by atoms with Crippen LogP contribution in [0.15, 0.2) is 145 Å². The van der Waals surface area contributed by atoms with Gasteiger partial charge in [-0.25, -0.2) is 0 Å². The molecule has 0 spiro atoms. The summed E-state index contributed by atoms with van der Waals surface area (Å²) >= 11 is 0. The van der Waals surface area contributed by atoms with Crippen molar-refractivity contribution in [3.05, 3.63) is 174 Å². The van der Waals surface area contributed by atoms with Crippen molar-refractivity contribution in [2.75, 3.05) is 24.0 Å². The quantitative estimate of drug-likeness (QED) is 0.0635. The van der Waals surface area contributed by atoms with Crippen molar-refractivity contribution in [2.45, 2.75) is 13.8 Å². The van der Waals surface area contributed by atoms with E-state index in [1.807, 2.05) is 67.1 Å². The third kappa shape index (κ3) is 6.08. The zero-order valence-electron chi connectivity index (χ0n) is 27.6. The van der Waals surface area contributed by atoms with Crippen molar-refractivity contribution >= 4 is 46.8 Å². The fourth-order valence-corrected chi connectivity index (χ4v) is 12.8. The molecule has 0 aromatic heterocycles. The van der Waals surface area contributed by atoms with Crippen LogP contribution in [-0.4, -0.2) is 25.2 Å². The maximum absolute atomic E-state index is 13.0. The predicted molar refractivity (Wildman–Crippen MR) is 205 cm³/mol. The zero-order valence-corrected chi connectivity index (χ0v) is 28.6. The van der Waals surface area contributed by atoms with E-state index >= 15 is 0 Å². The van der Waals surface area contributed by atoms with Gasteiger partial charge >= 0.3 is 289 Å². The van der Waals surface area contributed by atoms with Crippen LogP contribution in [-0.2, 0) is 9.47 Å². The summed E-state index contributed by atoms with van der Waals surface area (Å²) in [7, 11) is 0. The van der Waals surface area contributed by atoms with Crippen LogP contribution in [0.25, 0.3) is 17.2 Å². The first-order valence-corrected chi connectivity index (χ1v) is 19.0. The van der Waals surface area contributed by atoms with E-state index in [4.69, 9.17) is 15.2 Å². The molecule has 3 aliphatic carbocycles. The van der Waals surface area contributed by atoms with Crippen LogP contribution in [0, 0.1) is 12.1 Å². The van der Waals surface area contributed by atoms with Gasteiger partial charge in [0.15, 0.2) is 0 Å². The molecule has 0 radical (unpaired) electrons.